The number of aromatic nitrogens is 4. The number of halogens is 1. The van der Waals surface area contributed by atoms with E-state index in [2.05, 4.69) is 22.2 Å². The Hall–Kier alpha value is -2.15. The number of aryl methyl sites for hydroxylation is 1. The standard InChI is InChI=1S/C17H11ClN4S2/c1-21-8-12(11-7-10(18)4-5-14(11)21)16-20-22-9-13(19-17(22)24-16)15-3-2-6-23-15/h2-9H,1H3. The molecular formula is C17H11ClN4S2. The topological polar surface area (TPSA) is 35.1 Å². The molecule has 4 heterocycles. The van der Waals surface area contributed by atoms with Crippen molar-refractivity contribution < 1.29 is 0 Å². The molecule has 0 unspecified atom stereocenters. The first kappa shape index (κ1) is 14.2. The summed E-state index contributed by atoms with van der Waals surface area (Å²) in [6.45, 7) is 0. The molecule has 0 N–H and O–H groups in total. The quantitative estimate of drug-likeness (QED) is 0.421. The first-order valence-corrected chi connectivity index (χ1v) is 9.41. The summed E-state index contributed by atoms with van der Waals surface area (Å²) in [5, 5.41) is 9.58. The molecule has 0 bridgehead atoms. The lowest BCUT2D eigenvalue weighted by atomic mass is 10.2. The summed E-state index contributed by atoms with van der Waals surface area (Å²) in [5.74, 6) is 0. The van der Waals surface area contributed by atoms with Gasteiger partial charge < -0.3 is 4.57 Å². The predicted molar refractivity (Wildman–Crippen MR) is 101 cm³/mol. The number of rotatable bonds is 2. The van der Waals surface area contributed by atoms with Gasteiger partial charge in [0.25, 0.3) is 0 Å². The van der Waals surface area contributed by atoms with Gasteiger partial charge in [0.2, 0.25) is 4.96 Å². The lowest BCUT2D eigenvalue weighted by molar-refractivity contribution is 0.961. The fourth-order valence-corrected chi connectivity index (χ4v) is 4.64. The van der Waals surface area contributed by atoms with Crippen LogP contribution in [-0.2, 0) is 7.05 Å². The molecule has 5 aromatic rings. The Kier molecular flexibility index (Phi) is 3.06. The second-order valence-corrected chi connectivity index (χ2v) is 7.89. The Morgan fingerprint density at radius 1 is 1.17 bits per heavy atom. The van der Waals surface area contributed by atoms with Gasteiger partial charge >= 0.3 is 0 Å². The summed E-state index contributed by atoms with van der Waals surface area (Å²) in [4.78, 5) is 6.76. The predicted octanol–water partition coefficient (Wildman–Crippen LogP) is 5.33. The molecule has 0 atom stereocenters. The molecule has 24 heavy (non-hydrogen) atoms. The van der Waals surface area contributed by atoms with Gasteiger partial charge in [-0.2, -0.15) is 5.10 Å². The zero-order chi connectivity index (χ0) is 16.3. The Morgan fingerprint density at radius 2 is 2.08 bits per heavy atom. The van der Waals surface area contributed by atoms with Gasteiger partial charge in [0.1, 0.15) is 10.7 Å². The molecule has 0 saturated heterocycles. The van der Waals surface area contributed by atoms with Crippen LogP contribution in [0.5, 0.6) is 0 Å². The monoisotopic (exact) mass is 370 g/mol. The fraction of sp³-hybridized carbons (Fsp3) is 0.0588. The van der Waals surface area contributed by atoms with E-state index in [1.54, 1.807) is 22.7 Å². The fourth-order valence-electron chi connectivity index (χ4n) is 2.89. The normalized spacial score (nSPS) is 11.8. The molecule has 0 saturated carbocycles. The van der Waals surface area contributed by atoms with E-state index in [4.69, 9.17) is 21.7 Å². The number of thiophene rings is 1. The highest BCUT2D eigenvalue weighted by Crippen LogP contribution is 2.35. The molecule has 0 radical (unpaired) electrons. The maximum absolute atomic E-state index is 6.18. The van der Waals surface area contributed by atoms with E-state index >= 15 is 0 Å². The molecule has 118 valence electrons. The van der Waals surface area contributed by atoms with E-state index in [0.717, 1.165) is 42.0 Å². The number of hydrogen-bond acceptors (Lipinski definition) is 4. The summed E-state index contributed by atoms with van der Waals surface area (Å²) < 4.78 is 3.96. The van der Waals surface area contributed by atoms with Crippen molar-refractivity contribution in [2.24, 2.45) is 7.05 Å². The average molecular weight is 371 g/mol. The number of nitrogens with zero attached hydrogens (tertiary/aromatic N) is 4. The first-order chi connectivity index (χ1) is 11.7. The Labute approximate surface area is 150 Å². The van der Waals surface area contributed by atoms with Gasteiger partial charge in [-0.3, -0.25) is 0 Å². The van der Waals surface area contributed by atoms with Crippen molar-refractivity contribution in [1.82, 2.24) is 19.2 Å². The maximum atomic E-state index is 6.18. The molecule has 0 aliphatic heterocycles. The summed E-state index contributed by atoms with van der Waals surface area (Å²) >= 11 is 9.46. The van der Waals surface area contributed by atoms with Crippen LogP contribution in [0.4, 0.5) is 0 Å². The van der Waals surface area contributed by atoms with Crippen molar-refractivity contribution in [3.63, 3.8) is 0 Å². The van der Waals surface area contributed by atoms with Crippen molar-refractivity contribution in [3.05, 3.63) is 53.1 Å². The van der Waals surface area contributed by atoms with Crippen LogP contribution in [0.25, 0.3) is 37.0 Å². The third kappa shape index (κ3) is 2.11. The van der Waals surface area contributed by atoms with E-state index in [1.165, 1.54) is 0 Å². The Balaban J connectivity index is 1.67. The largest absolute Gasteiger partial charge is 0.350 e. The van der Waals surface area contributed by atoms with E-state index < -0.39 is 0 Å². The van der Waals surface area contributed by atoms with Crippen molar-refractivity contribution in [3.8, 4) is 21.1 Å². The first-order valence-electron chi connectivity index (χ1n) is 7.34. The van der Waals surface area contributed by atoms with Gasteiger partial charge in [-0.1, -0.05) is 29.0 Å². The van der Waals surface area contributed by atoms with Gasteiger partial charge in [0.15, 0.2) is 0 Å². The van der Waals surface area contributed by atoms with Crippen LogP contribution in [0, 0.1) is 0 Å². The molecule has 0 aliphatic carbocycles. The maximum Gasteiger partial charge on any atom is 0.213 e. The van der Waals surface area contributed by atoms with E-state index in [-0.39, 0.29) is 0 Å². The van der Waals surface area contributed by atoms with Crippen LogP contribution in [0.1, 0.15) is 0 Å². The molecular weight excluding hydrogens is 360 g/mol. The molecule has 0 amide bonds. The molecule has 5 rings (SSSR count). The second kappa shape index (κ2) is 5.17. The molecule has 0 fully saturated rings. The number of imidazole rings is 1. The smallest absolute Gasteiger partial charge is 0.213 e. The molecule has 4 aromatic heterocycles. The van der Waals surface area contributed by atoms with Crippen LogP contribution in [0.15, 0.2) is 48.1 Å². The third-order valence-electron chi connectivity index (χ3n) is 4.00. The van der Waals surface area contributed by atoms with Crippen molar-refractivity contribution in [2.75, 3.05) is 0 Å². The minimum Gasteiger partial charge on any atom is -0.350 e. The Bertz CT molecular complexity index is 1150. The number of fused-ring (bicyclic) bond motifs is 2. The average Bonchev–Trinajstić information content (AvgIpc) is 3.28. The lowest BCUT2D eigenvalue weighted by Gasteiger charge is -1.96. The van der Waals surface area contributed by atoms with Crippen molar-refractivity contribution >= 4 is 50.1 Å². The van der Waals surface area contributed by atoms with Crippen LogP contribution in [0.2, 0.25) is 5.02 Å². The molecule has 4 nitrogen and oxygen atoms in total. The van der Waals surface area contributed by atoms with E-state index in [1.807, 2.05) is 42.0 Å². The van der Waals surface area contributed by atoms with Crippen LogP contribution in [0.3, 0.4) is 0 Å². The summed E-state index contributed by atoms with van der Waals surface area (Å²) in [6, 6.07) is 10.1. The number of benzene rings is 1. The van der Waals surface area contributed by atoms with Gasteiger partial charge in [0.05, 0.1) is 11.1 Å². The minimum absolute atomic E-state index is 0.733. The van der Waals surface area contributed by atoms with Crippen molar-refractivity contribution in [1.29, 1.82) is 0 Å². The molecule has 0 spiro atoms. The SMILES string of the molecule is Cn1cc(-c2nn3cc(-c4cccs4)nc3s2)c2cc(Cl)ccc21. The van der Waals surface area contributed by atoms with Crippen LogP contribution < -0.4 is 0 Å². The van der Waals surface area contributed by atoms with Crippen molar-refractivity contribution in [2.45, 2.75) is 0 Å². The lowest BCUT2D eigenvalue weighted by Crippen LogP contribution is -1.82. The minimum atomic E-state index is 0.733. The zero-order valence-corrected chi connectivity index (χ0v) is 15.0. The highest BCUT2D eigenvalue weighted by atomic mass is 35.5. The number of hydrogen-bond donors (Lipinski definition) is 0. The molecule has 0 aliphatic rings. The summed E-state index contributed by atoms with van der Waals surface area (Å²) in [5.41, 5.74) is 3.20. The summed E-state index contributed by atoms with van der Waals surface area (Å²) in [7, 11) is 2.04. The molecule has 1 aromatic carbocycles. The third-order valence-corrected chi connectivity index (χ3v) is 6.08. The highest BCUT2D eigenvalue weighted by molar-refractivity contribution is 7.20. The van der Waals surface area contributed by atoms with Gasteiger partial charge in [0, 0.05) is 34.7 Å². The van der Waals surface area contributed by atoms with E-state index in [9.17, 15) is 0 Å². The Morgan fingerprint density at radius 3 is 2.88 bits per heavy atom. The summed E-state index contributed by atoms with van der Waals surface area (Å²) in [6.07, 6.45) is 4.08. The zero-order valence-electron chi connectivity index (χ0n) is 12.6. The van der Waals surface area contributed by atoms with Crippen LogP contribution in [-0.4, -0.2) is 19.2 Å². The highest BCUT2D eigenvalue weighted by Gasteiger charge is 2.16. The van der Waals surface area contributed by atoms with Gasteiger partial charge in [-0.05, 0) is 29.6 Å². The van der Waals surface area contributed by atoms with Gasteiger partial charge in [-0.25, -0.2) is 9.50 Å². The second-order valence-electron chi connectivity index (χ2n) is 5.55. The molecule has 7 heteroatoms. The van der Waals surface area contributed by atoms with E-state index in [0.29, 0.717) is 0 Å². The van der Waals surface area contributed by atoms with Crippen LogP contribution >= 0.6 is 34.3 Å². The van der Waals surface area contributed by atoms with Gasteiger partial charge in [-0.15, -0.1) is 11.3 Å².